The van der Waals surface area contributed by atoms with Crippen LogP contribution in [0.15, 0.2) is 48.8 Å². The first-order valence-corrected chi connectivity index (χ1v) is 11.3. The number of benzene rings is 1. The highest BCUT2D eigenvalue weighted by atomic mass is 35.5. The summed E-state index contributed by atoms with van der Waals surface area (Å²) in [6, 6.07) is 10.4. The number of hydrogen-bond acceptors (Lipinski definition) is 4. The van der Waals surface area contributed by atoms with Crippen molar-refractivity contribution in [2.75, 3.05) is 5.32 Å². The van der Waals surface area contributed by atoms with Gasteiger partial charge in [0.05, 0.1) is 17.3 Å². The molecule has 0 unspecified atom stereocenters. The topological polar surface area (TPSA) is 88.9 Å². The van der Waals surface area contributed by atoms with Gasteiger partial charge in [-0.15, -0.1) is 0 Å². The molecule has 0 aliphatic heterocycles. The summed E-state index contributed by atoms with van der Waals surface area (Å²) in [5, 5.41) is 9.80. The Morgan fingerprint density at radius 2 is 1.85 bits per heavy atom. The van der Waals surface area contributed by atoms with Crippen LogP contribution in [0.3, 0.4) is 0 Å². The van der Waals surface area contributed by atoms with Gasteiger partial charge in [-0.05, 0) is 31.0 Å². The third-order valence-electron chi connectivity index (χ3n) is 5.49. The van der Waals surface area contributed by atoms with Crippen molar-refractivity contribution in [3.05, 3.63) is 76.5 Å². The van der Waals surface area contributed by atoms with E-state index in [9.17, 15) is 14.0 Å². The Balaban J connectivity index is 1.43. The molecular weight excluding hydrogens is 457 g/mol. The van der Waals surface area contributed by atoms with E-state index in [-0.39, 0.29) is 40.4 Å². The number of amides is 2. The molecule has 0 radical (unpaired) electrons. The number of rotatable bonds is 5. The number of nitrogens with zero attached hydrogens (tertiary/aromatic N) is 3. The number of halogens is 2. The minimum atomic E-state index is -0.712. The molecule has 34 heavy (non-hydrogen) atoms. The summed E-state index contributed by atoms with van der Waals surface area (Å²) in [5.41, 5.74) is 1.30. The van der Waals surface area contributed by atoms with E-state index in [1.54, 1.807) is 0 Å². The predicted octanol–water partition coefficient (Wildman–Crippen LogP) is 4.20. The molecule has 2 amide bonds. The summed E-state index contributed by atoms with van der Waals surface area (Å²) in [5.74, 6) is 4.11. The minimum absolute atomic E-state index is 0.0154. The fourth-order valence-corrected chi connectivity index (χ4v) is 3.75. The molecule has 174 valence electrons. The Bertz CT molecular complexity index is 1270. The van der Waals surface area contributed by atoms with Crippen molar-refractivity contribution in [3.8, 4) is 11.8 Å². The molecule has 2 heterocycles. The van der Waals surface area contributed by atoms with Crippen molar-refractivity contribution >= 4 is 29.2 Å². The molecule has 0 spiro atoms. The predicted molar refractivity (Wildman–Crippen MR) is 127 cm³/mol. The highest BCUT2D eigenvalue weighted by molar-refractivity contribution is 6.34. The van der Waals surface area contributed by atoms with Crippen molar-refractivity contribution in [2.24, 2.45) is 5.92 Å². The van der Waals surface area contributed by atoms with Crippen LogP contribution in [-0.4, -0.2) is 32.6 Å². The molecule has 4 rings (SSSR count). The first-order valence-electron chi connectivity index (χ1n) is 10.9. The fourth-order valence-electron chi connectivity index (χ4n) is 3.53. The first kappa shape index (κ1) is 23.5. The number of carbonyl (C=O) groups is 2. The van der Waals surface area contributed by atoms with E-state index in [4.69, 9.17) is 11.6 Å². The van der Waals surface area contributed by atoms with Gasteiger partial charge in [-0.25, -0.2) is 9.37 Å². The Labute approximate surface area is 201 Å². The second kappa shape index (κ2) is 10.1. The molecule has 0 atom stereocenters. The molecule has 1 aromatic carbocycles. The number of carbonyl (C=O) groups excluding carboxylic acids is 2. The molecule has 2 N–H and O–H groups in total. The molecule has 1 fully saturated rings. The van der Waals surface area contributed by atoms with Gasteiger partial charge in [0.25, 0.3) is 5.91 Å². The molecule has 9 heteroatoms. The molecular formula is C25H23ClFN5O2. The maximum Gasteiger partial charge on any atom is 0.276 e. The van der Waals surface area contributed by atoms with Crippen molar-refractivity contribution < 1.29 is 14.0 Å². The lowest BCUT2D eigenvalue weighted by molar-refractivity contribution is -0.125. The summed E-state index contributed by atoms with van der Waals surface area (Å²) in [4.78, 5) is 28.8. The summed E-state index contributed by atoms with van der Waals surface area (Å²) in [6.07, 6.45) is 4.01. The number of hydrogen-bond donors (Lipinski definition) is 2. The van der Waals surface area contributed by atoms with E-state index in [2.05, 4.69) is 32.6 Å². The zero-order chi connectivity index (χ0) is 24.2. The van der Waals surface area contributed by atoms with Crippen LogP contribution in [0.25, 0.3) is 0 Å². The van der Waals surface area contributed by atoms with Crippen molar-refractivity contribution in [3.63, 3.8) is 0 Å². The zero-order valence-electron chi connectivity index (χ0n) is 18.7. The fraction of sp³-hybridized carbons (Fsp3) is 0.280. The van der Waals surface area contributed by atoms with Crippen LogP contribution in [0.1, 0.15) is 54.3 Å². The van der Waals surface area contributed by atoms with Crippen LogP contribution >= 0.6 is 11.6 Å². The molecule has 0 bridgehead atoms. The Morgan fingerprint density at radius 3 is 2.53 bits per heavy atom. The van der Waals surface area contributed by atoms with Crippen LogP contribution in [0.5, 0.6) is 0 Å². The van der Waals surface area contributed by atoms with Gasteiger partial charge in [0, 0.05) is 29.3 Å². The van der Waals surface area contributed by atoms with E-state index in [1.807, 2.05) is 44.2 Å². The SMILES string of the molecule is CC(C)C(=O)N[C@H]1C[C@@H](n2ncc(Cl)c2C(=O)Nc2ncc(C#Cc3ccccc3)cc2F)C1. The maximum absolute atomic E-state index is 14.6. The molecule has 1 aliphatic carbocycles. The van der Waals surface area contributed by atoms with Gasteiger partial charge in [-0.2, -0.15) is 5.10 Å². The summed E-state index contributed by atoms with van der Waals surface area (Å²) >= 11 is 6.21. The second-order valence-electron chi connectivity index (χ2n) is 8.40. The summed E-state index contributed by atoms with van der Waals surface area (Å²) < 4.78 is 16.1. The molecule has 1 saturated carbocycles. The van der Waals surface area contributed by atoms with Gasteiger partial charge in [0.1, 0.15) is 5.69 Å². The van der Waals surface area contributed by atoms with E-state index < -0.39 is 11.7 Å². The Hall–Kier alpha value is -3.70. The zero-order valence-corrected chi connectivity index (χ0v) is 19.4. The Kier molecular flexibility index (Phi) is 6.94. The third-order valence-corrected chi connectivity index (χ3v) is 5.77. The lowest BCUT2D eigenvalue weighted by Gasteiger charge is -2.36. The minimum Gasteiger partial charge on any atom is -0.353 e. The quantitative estimate of drug-likeness (QED) is 0.537. The van der Waals surface area contributed by atoms with Crippen LogP contribution in [0, 0.1) is 23.6 Å². The molecule has 2 aromatic heterocycles. The highest BCUT2D eigenvalue weighted by Crippen LogP contribution is 2.34. The van der Waals surface area contributed by atoms with E-state index in [0.29, 0.717) is 18.4 Å². The lowest BCUT2D eigenvalue weighted by Crippen LogP contribution is -2.47. The first-order chi connectivity index (χ1) is 16.3. The number of aromatic nitrogens is 3. The maximum atomic E-state index is 14.6. The smallest absolute Gasteiger partial charge is 0.276 e. The monoisotopic (exact) mass is 479 g/mol. The standard InChI is InChI=1S/C25H23ClFN5O2/c1-15(2)24(33)30-18-11-19(12-18)32-22(20(26)14-29-32)25(34)31-23-21(27)10-17(13-28-23)9-8-16-6-4-3-5-7-16/h3-7,10,13-15,18-19H,11-12H2,1-2H3,(H,30,33)(H,28,31,34)/t18-,19+. The Morgan fingerprint density at radius 1 is 1.15 bits per heavy atom. The molecule has 7 nitrogen and oxygen atoms in total. The van der Waals surface area contributed by atoms with E-state index in [0.717, 1.165) is 5.56 Å². The van der Waals surface area contributed by atoms with Crippen LogP contribution in [0.4, 0.5) is 10.2 Å². The average Bonchev–Trinajstić information content (AvgIpc) is 3.17. The second-order valence-corrected chi connectivity index (χ2v) is 8.80. The van der Waals surface area contributed by atoms with Crippen molar-refractivity contribution in [1.29, 1.82) is 0 Å². The largest absolute Gasteiger partial charge is 0.353 e. The summed E-state index contributed by atoms with van der Waals surface area (Å²) in [7, 11) is 0. The molecule has 3 aromatic rings. The number of pyridine rings is 1. The van der Waals surface area contributed by atoms with E-state index >= 15 is 0 Å². The van der Waals surface area contributed by atoms with Gasteiger partial charge in [-0.3, -0.25) is 14.3 Å². The highest BCUT2D eigenvalue weighted by Gasteiger charge is 2.35. The average molecular weight is 480 g/mol. The molecule has 0 saturated heterocycles. The lowest BCUT2D eigenvalue weighted by atomic mass is 9.86. The number of nitrogens with one attached hydrogen (secondary N) is 2. The van der Waals surface area contributed by atoms with Gasteiger partial charge >= 0.3 is 0 Å². The number of anilines is 1. The van der Waals surface area contributed by atoms with Gasteiger partial charge in [-0.1, -0.05) is 55.5 Å². The third kappa shape index (κ3) is 5.26. The van der Waals surface area contributed by atoms with Crippen LogP contribution in [0.2, 0.25) is 5.02 Å². The van der Waals surface area contributed by atoms with Crippen LogP contribution < -0.4 is 10.6 Å². The summed E-state index contributed by atoms with van der Waals surface area (Å²) in [6.45, 7) is 3.66. The molecule has 1 aliphatic rings. The van der Waals surface area contributed by atoms with Gasteiger partial charge < -0.3 is 10.6 Å². The van der Waals surface area contributed by atoms with Gasteiger partial charge in [0.2, 0.25) is 5.91 Å². The van der Waals surface area contributed by atoms with E-state index in [1.165, 1.54) is 23.1 Å². The van der Waals surface area contributed by atoms with Crippen molar-refractivity contribution in [1.82, 2.24) is 20.1 Å². The van der Waals surface area contributed by atoms with Gasteiger partial charge in [0.15, 0.2) is 11.6 Å². The van der Waals surface area contributed by atoms with Crippen LogP contribution in [-0.2, 0) is 4.79 Å². The normalized spacial score (nSPS) is 16.9. The van der Waals surface area contributed by atoms with Crippen molar-refractivity contribution in [2.45, 2.75) is 38.8 Å².